The van der Waals surface area contributed by atoms with Crippen LogP contribution in [0, 0.1) is 0 Å². The number of carbonyl (C=O) groups is 1. The first-order chi connectivity index (χ1) is 19.9. The number of nitrogens with one attached hydrogen (secondary N) is 2. The molecule has 0 saturated carbocycles. The number of likely N-dealkylation sites (N-methyl/N-ethyl adjacent to an activating group) is 1. The van der Waals surface area contributed by atoms with Gasteiger partial charge in [0.2, 0.25) is 10.3 Å². The van der Waals surface area contributed by atoms with Crippen LogP contribution in [0.1, 0.15) is 23.7 Å². The average Bonchev–Trinajstić information content (AvgIpc) is 2.93. The van der Waals surface area contributed by atoms with E-state index in [4.69, 9.17) is 4.74 Å². The molecule has 0 aliphatic carbocycles. The van der Waals surface area contributed by atoms with Gasteiger partial charge < -0.3 is 25.2 Å². The number of alkyl halides is 3. The maximum Gasteiger partial charge on any atom is 0.417 e. The van der Waals surface area contributed by atoms with E-state index in [1.165, 1.54) is 18.2 Å². The smallest absolute Gasteiger partial charge is 0.377 e. The predicted octanol–water partition coefficient (Wildman–Crippen LogP) is 3.52. The summed E-state index contributed by atoms with van der Waals surface area (Å²) in [5, 5.41) is 5.47. The number of morpholine rings is 1. The summed E-state index contributed by atoms with van der Waals surface area (Å²) < 4.78 is 72.1. The van der Waals surface area contributed by atoms with Crippen molar-refractivity contribution in [1.29, 1.82) is 0 Å². The molecule has 1 aliphatic rings. The van der Waals surface area contributed by atoms with E-state index < -0.39 is 32.5 Å². The number of ether oxygens (including phenoxy) is 1. The number of carbonyl (C=O) groups excluding carboxylic acids is 1. The van der Waals surface area contributed by atoms with Crippen molar-refractivity contribution in [2.75, 3.05) is 57.2 Å². The highest BCUT2D eigenvalue weighted by Crippen LogP contribution is 2.33. The number of aromatic nitrogens is 2. The van der Waals surface area contributed by atoms with Gasteiger partial charge in [-0.05, 0) is 51.4 Å². The molecule has 0 spiro atoms. The molecular formula is C28H31F3N6O4S. The van der Waals surface area contributed by atoms with E-state index in [0.29, 0.717) is 49.9 Å². The van der Waals surface area contributed by atoms with Gasteiger partial charge in [-0.1, -0.05) is 18.2 Å². The van der Waals surface area contributed by atoms with Gasteiger partial charge in [0.15, 0.2) is 5.82 Å². The van der Waals surface area contributed by atoms with Crippen molar-refractivity contribution in [3.05, 3.63) is 71.4 Å². The fourth-order valence-corrected chi connectivity index (χ4v) is 5.04. The molecule has 0 bridgehead atoms. The van der Waals surface area contributed by atoms with Crippen LogP contribution in [0.25, 0.3) is 11.4 Å². The lowest BCUT2D eigenvalue weighted by Gasteiger charge is -2.34. The van der Waals surface area contributed by atoms with Crippen molar-refractivity contribution in [1.82, 2.24) is 20.2 Å². The Morgan fingerprint density at radius 3 is 2.48 bits per heavy atom. The van der Waals surface area contributed by atoms with Crippen LogP contribution < -0.4 is 15.5 Å². The van der Waals surface area contributed by atoms with Gasteiger partial charge >= 0.3 is 12.2 Å². The largest absolute Gasteiger partial charge is 0.417 e. The maximum absolute atomic E-state index is 13.9. The molecule has 0 unspecified atom stereocenters. The normalized spacial score (nSPS) is 15.4. The Morgan fingerprint density at radius 2 is 1.83 bits per heavy atom. The zero-order valence-corrected chi connectivity index (χ0v) is 24.1. The third-order valence-electron chi connectivity index (χ3n) is 6.50. The number of halogens is 3. The average molecular weight is 605 g/mol. The second-order valence-corrected chi connectivity index (χ2v) is 10.8. The van der Waals surface area contributed by atoms with Crippen molar-refractivity contribution in [3.63, 3.8) is 0 Å². The van der Waals surface area contributed by atoms with E-state index in [-0.39, 0.29) is 23.6 Å². The number of hydrogen-bond acceptors (Lipinski definition) is 8. The van der Waals surface area contributed by atoms with Crippen molar-refractivity contribution in [2.45, 2.75) is 19.1 Å². The number of anilines is 2. The third-order valence-corrected chi connectivity index (χ3v) is 7.26. The molecule has 4 rings (SSSR count). The van der Waals surface area contributed by atoms with Gasteiger partial charge in [-0.3, -0.25) is 0 Å². The van der Waals surface area contributed by atoms with E-state index in [2.05, 4.69) is 20.6 Å². The molecule has 14 heteroatoms. The fourth-order valence-electron chi connectivity index (χ4n) is 4.41. The Morgan fingerprint density at radius 1 is 1.12 bits per heavy atom. The highest BCUT2D eigenvalue weighted by molar-refractivity contribution is 7.74. The summed E-state index contributed by atoms with van der Waals surface area (Å²) in [5.74, 6) is 0.455. The number of benzene rings is 2. The molecule has 0 radical (unpaired) electrons. The summed E-state index contributed by atoms with van der Waals surface area (Å²) in [6.07, 6.45) is -4.79. The minimum absolute atomic E-state index is 0.107. The van der Waals surface area contributed by atoms with Crippen molar-refractivity contribution in [2.24, 2.45) is 0 Å². The summed E-state index contributed by atoms with van der Waals surface area (Å²) in [5.41, 5.74) is -0.820. The van der Waals surface area contributed by atoms with E-state index in [1.807, 2.05) is 30.8 Å². The minimum Gasteiger partial charge on any atom is -0.377 e. The van der Waals surface area contributed by atoms with Gasteiger partial charge in [0.05, 0.1) is 30.5 Å². The lowest BCUT2D eigenvalue weighted by molar-refractivity contribution is -0.137. The zero-order valence-electron chi connectivity index (χ0n) is 23.3. The van der Waals surface area contributed by atoms with Crippen LogP contribution in [0.5, 0.6) is 0 Å². The first-order valence-corrected chi connectivity index (χ1v) is 14.2. The molecule has 1 atom stereocenters. The van der Waals surface area contributed by atoms with Crippen LogP contribution >= 0.6 is 0 Å². The SMILES string of the molecule is C[C@H]1COCCN1c1cc(C(c2ccccc2C(F)(F)F)=S(=O)=O)nc(-c2ccc(NC(=O)NCCN(C)C)cc2)n1. The van der Waals surface area contributed by atoms with Gasteiger partial charge in [-0.2, -0.15) is 21.6 Å². The van der Waals surface area contributed by atoms with Crippen LogP contribution in [0.15, 0.2) is 54.6 Å². The lowest BCUT2D eigenvalue weighted by atomic mass is 10.0. The molecular weight excluding hydrogens is 573 g/mol. The highest BCUT2D eigenvalue weighted by atomic mass is 32.2. The molecule has 1 aromatic heterocycles. The van der Waals surface area contributed by atoms with E-state index in [9.17, 15) is 26.4 Å². The first-order valence-electron chi connectivity index (χ1n) is 13.1. The van der Waals surface area contributed by atoms with Gasteiger partial charge in [-0.25, -0.2) is 14.8 Å². The molecule has 10 nitrogen and oxygen atoms in total. The number of urea groups is 1. The summed E-state index contributed by atoms with van der Waals surface area (Å²) in [4.78, 5) is 24.5. The Balaban J connectivity index is 1.76. The van der Waals surface area contributed by atoms with E-state index in [0.717, 1.165) is 12.1 Å². The summed E-state index contributed by atoms with van der Waals surface area (Å²) >= 11 is 0. The predicted molar refractivity (Wildman–Crippen MR) is 154 cm³/mol. The Kier molecular flexibility index (Phi) is 9.81. The summed E-state index contributed by atoms with van der Waals surface area (Å²) in [6, 6.07) is 11.9. The molecule has 1 fully saturated rings. The first kappa shape index (κ1) is 30.9. The number of rotatable bonds is 8. The lowest BCUT2D eigenvalue weighted by Crippen LogP contribution is -2.44. The Bertz CT molecular complexity index is 1550. The van der Waals surface area contributed by atoms with Crippen LogP contribution in [0.3, 0.4) is 0 Å². The monoisotopic (exact) mass is 604 g/mol. The van der Waals surface area contributed by atoms with Gasteiger partial charge in [0, 0.05) is 42.5 Å². The van der Waals surface area contributed by atoms with Gasteiger partial charge in [0.1, 0.15) is 10.7 Å². The van der Waals surface area contributed by atoms with Crippen LogP contribution in [0.4, 0.5) is 29.5 Å². The van der Waals surface area contributed by atoms with Gasteiger partial charge in [-0.15, -0.1) is 0 Å². The van der Waals surface area contributed by atoms with Crippen LogP contribution in [0.2, 0.25) is 0 Å². The Labute approximate surface area is 243 Å². The minimum atomic E-state index is -4.79. The quantitative estimate of drug-likeness (QED) is 0.297. The van der Waals surface area contributed by atoms with E-state index in [1.54, 1.807) is 24.3 Å². The maximum atomic E-state index is 13.9. The van der Waals surface area contributed by atoms with Crippen LogP contribution in [-0.2, 0) is 21.2 Å². The molecule has 224 valence electrons. The third kappa shape index (κ3) is 7.63. The summed E-state index contributed by atoms with van der Waals surface area (Å²) in [6.45, 7) is 4.27. The van der Waals surface area contributed by atoms with E-state index >= 15 is 0 Å². The fraction of sp³-hybridized carbons (Fsp3) is 0.357. The second-order valence-electron chi connectivity index (χ2n) is 9.92. The second kappa shape index (κ2) is 13.3. The van der Waals surface area contributed by atoms with Crippen LogP contribution in [-0.4, -0.2) is 87.2 Å². The molecule has 2 aromatic carbocycles. The van der Waals surface area contributed by atoms with Gasteiger partial charge in [0.25, 0.3) is 0 Å². The molecule has 3 aromatic rings. The molecule has 1 aliphatic heterocycles. The molecule has 1 saturated heterocycles. The molecule has 2 heterocycles. The molecule has 42 heavy (non-hydrogen) atoms. The molecule has 2 amide bonds. The zero-order chi connectivity index (χ0) is 30.4. The number of nitrogens with zero attached hydrogens (tertiary/aromatic N) is 4. The standard InChI is InChI=1S/C28H31F3N6O4S/c1-18-17-41-15-14-37(18)24-16-23(25(42(39)40)21-6-4-5-7-22(21)28(29,30)31)34-26(35-24)19-8-10-20(11-9-19)33-27(38)32-12-13-36(2)3/h4-11,16,18H,12-15,17H2,1-3H3,(H2,32,33,38)/t18-/m0/s1. The topological polar surface area (TPSA) is 117 Å². The van der Waals surface area contributed by atoms with Crippen molar-refractivity contribution < 1.29 is 31.1 Å². The molecule has 2 N–H and O–H groups in total. The van der Waals surface area contributed by atoms with Crippen molar-refractivity contribution >= 4 is 32.7 Å². The number of amides is 2. The van der Waals surface area contributed by atoms with Crippen molar-refractivity contribution in [3.8, 4) is 11.4 Å². The summed E-state index contributed by atoms with van der Waals surface area (Å²) in [7, 11) is 0.710. The highest BCUT2D eigenvalue weighted by Gasteiger charge is 2.35. The number of hydrogen-bond donors (Lipinski definition) is 2. The Hall–Kier alpha value is -4.01.